The Morgan fingerprint density at radius 3 is 2.40 bits per heavy atom. The summed E-state index contributed by atoms with van der Waals surface area (Å²) in [6, 6.07) is 6.03. The number of piperazine rings is 1. The summed E-state index contributed by atoms with van der Waals surface area (Å²) in [4.78, 5) is 2.50. The molecule has 0 spiro atoms. The van der Waals surface area contributed by atoms with Gasteiger partial charge in [-0.2, -0.15) is 5.26 Å². The molecule has 1 aliphatic carbocycles. The summed E-state index contributed by atoms with van der Waals surface area (Å²) in [6.45, 7) is 3.97. The predicted molar refractivity (Wildman–Crippen MR) is 109 cm³/mol. The summed E-state index contributed by atoms with van der Waals surface area (Å²) in [5, 5.41) is 23.4. The van der Waals surface area contributed by atoms with Crippen LogP contribution in [0.25, 0.3) is 0 Å². The molecule has 4 nitrogen and oxygen atoms in total. The van der Waals surface area contributed by atoms with Gasteiger partial charge < -0.3 is 10.4 Å². The van der Waals surface area contributed by atoms with Crippen molar-refractivity contribution in [2.24, 2.45) is 5.92 Å². The van der Waals surface area contributed by atoms with Gasteiger partial charge in [-0.3, -0.25) is 4.90 Å². The first-order valence-electron chi connectivity index (χ1n) is 8.58. The summed E-state index contributed by atoms with van der Waals surface area (Å²) < 4.78 is 0.627. The van der Waals surface area contributed by atoms with Gasteiger partial charge in [0.25, 0.3) is 0 Å². The number of hydrogen-bond donors (Lipinski definition) is 2. The van der Waals surface area contributed by atoms with Gasteiger partial charge in [-0.1, -0.05) is 19.3 Å². The minimum Gasteiger partial charge on any atom is -0.506 e. The highest BCUT2D eigenvalue weighted by atomic mass is 79.9. The SMILES string of the molecule is Cl.Cl.N#Cc1cc(Br)c(O)c([C@@H](C2CCCCC2)N2CCNCC2)c1. The van der Waals surface area contributed by atoms with Crippen LogP contribution >= 0.6 is 40.7 Å². The molecule has 140 valence electrons. The first-order chi connectivity index (χ1) is 11.2. The van der Waals surface area contributed by atoms with Crippen molar-refractivity contribution in [3.63, 3.8) is 0 Å². The normalized spacial score (nSPS) is 20.0. The molecule has 0 aromatic heterocycles. The number of halogens is 3. The van der Waals surface area contributed by atoms with Crippen LogP contribution in [0.3, 0.4) is 0 Å². The molecule has 2 N–H and O–H groups in total. The molecule has 1 aromatic carbocycles. The van der Waals surface area contributed by atoms with Crippen molar-refractivity contribution in [3.8, 4) is 11.8 Å². The summed E-state index contributed by atoms with van der Waals surface area (Å²) in [6.07, 6.45) is 6.28. The Morgan fingerprint density at radius 2 is 1.80 bits per heavy atom. The molecule has 1 heterocycles. The molecule has 1 aromatic rings. The molecule has 1 aliphatic heterocycles. The van der Waals surface area contributed by atoms with Crippen LogP contribution in [0.15, 0.2) is 16.6 Å². The quantitative estimate of drug-likeness (QED) is 0.716. The van der Waals surface area contributed by atoms with Gasteiger partial charge in [0.05, 0.1) is 16.1 Å². The molecule has 1 saturated heterocycles. The zero-order chi connectivity index (χ0) is 16.2. The number of benzene rings is 1. The molecule has 7 heteroatoms. The van der Waals surface area contributed by atoms with E-state index >= 15 is 0 Å². The lowest BCUT2D eigenvalue weighted by Gasteiger charge is -2.41. The maximum Gasteiger partial charge on any atom is 0.134 e. The third kappa shape index (κ3) is 5.24. The van der Waals surface area contributed by atoms with Crippen molar-refractivity contribution < 1.29 is 5.11 Å². The number of nitriles is 1. The average molecular weight is 451 g/mol. The summed E-state index contributed by atoms with van der Waals surface area (Å²) in [5.41, 5.74) is 1.53. The summed E-state index contributed by atoms with van der Waals surface area (Å²) >= 11 is 3.42. The maximum absolute atomic E-state index is 10.7. The van der Waals surface area contributed by atoms with Crippen LogP contribution in [0.1, 0.15) is 49.3 Å². The molecule has 1 saturated carbocycles. The van der Waals surface area contributed by atoms with Crippen molar-refractivity contribution in [2.45, 2.75) is 38.1 Å². The topological polar surface area (TPSA) is 59.3 Å². The second-order valence-electron chi connectivity index (χ2n) is 6.64. The fourth-order valence-electron chi connectivity index (χ4n) is 4.07. The van der Waals surface area contributed by atoms with E-state index in [2.05, 4.69) is 32.2 Å². The Kier molecular flexibility index (Phi) is 9.55. The van der Waals surface area contributed by atoms with Crippen LogP contribution in [0.4, 0.5) is 0 Å². The highest BCUT2D eigenvalue weighted by molar-refractivity contribution is 9.10. The summed E-state index contributed by atoms with van der Waals surface area (Å²) in [5.74, 6) is 0.867. The highest BCUT2D eigenvalue weighted by Crippen LogP contribution is 2.44. The molecular weight excluding hydrogens is 425 g/mol. The van der Waals surface area contributed by atoms with E-state index in [1.54, 1.807) is 6.07 Å². The average Bonchev–Trinajstić information content (AvgIpc) is 2.60. The second-order valence-corrected chi connectivity index (χ2v) is 7.49. The fourth-order valence-corrected chi connectivity index (χ4v) is 4.54. The first kappa shape index (κ1) is 22.5. The Hall–Kier alpha value is -0.510. The first-order valence-corrected chi connectivity index (χ1v) is 9.37. The van der Waals surface area contributed by atoms with Crippen LogP contribution in [0, 0.1) is 17.2 Å². The monoisotopic (exact) mass is 449 g/mol. The lowest BCUT2D eigenvalue weighted by atomic mass is 9.79. The zero-order valence-electron chi connectivity index (χ0n) is 14.2. The molecule has 0 radical (unpaired) electrons. The molecular formula is C18H26BrCl2N3O. The molecule has 3 rings (SSSR count). The van der Waals surface area contributed by atoms with E-state index in [1.165, 1.54) is 32.1 Å². The molecule has 25 heavy (non-hydrogen) atoms. The Morgan fingerprint density at radius 1 is 1.16 bits per heavy atom. The van der Waals surface area contributed by atoms with Crippen LogP contribution in [-0.4, -0.2) is 36.2 Å². The Balaban J connectivity index is 0.00000156. The van der Waals surface area contributed by atoms with Crippen LogP contribution in [-0.2, 0) is 0 Å². The Labute approximate surface area is 170 Å². The molecule has 2 aliphatic rings. The Bertz CT molecular complexity index is 579. The van der Waals surface area contributed by atoms with E-state index in [-0.39, 0.29) is 30.9 Å². The van der Waals surface area contributed by atoms with Crippen molar-refractivity contribution >= 4 is 40.7 Å². The van der Waals surface area contributed by atoms with Gasteiger partial charge in [-0.05, 0) is 46.8 Å². The third-order valence-corrected chi connectivity index (χ3v) is 5.79. The minimum atomic E-state index is 0. The number of phenolic OH excluding ortho intramolecular Hbond substituents is 1. The lowest BCUT2D eigenvalue weighted by Crippen LogP contribution is -2.47. The number of nitrogens with zero attached hydrogens (tertiary/aromatic N) is 2. The minimum absolute atomic E-state index is 0. The summed E-state index contributed by atoms with van der Waals surface area (Å²) in [7, 11) is 0. The number of nitrogens with one attached hydrogen (secondary N) is 1. The van der Waals surface area contributed by atoms with Gasteiger partial charge in [0.15, 0.2) is 0 Å². The van der Waals surface area contributed by atoms with Crippen molar-refractivity contribution in [2.75, 3.05) is 26.2 Å². The number of aromatic hydroxyl groups is 1. The van der Waals surface area contributed by atoms with Crippen molar-refractivity contribution in [1.82, 2.24) is 10.2 Å². The zero-order valence-corrected chi connectivity index (χ0v) is 17.4. The number of phenols is 1. The lowest BCUT2D eigenvalue weighted by molar-refractivity contribution is 0.101. The maximum atomic E-state index is 10.7. The van der Waals surface area contributed by atoms with Crippen molar-refractivity contribution in [1.29, 1.82) is 5.26 Å². The van der Waals surface area contributed by atoms with Gasteiger partial charge >= 0.3 is 0 Å². The van der Waals surface area contributed by atoms with Crippen molar-refractivity contribution in [3.05, 3.63) is 27.7 Å². The van der Waals surface area contributed by atoms with E-state index in [0.29, 0.717) is 21.7 Å². The number of rotatable bonds is 3. The molecule has 2 fully saturated rings. The van der Waals surface area contributed by atoms with E-state index in [0.717, 1.165) is 31.7 Å². The van der Waals surface area contributed by atoms with E-state index in [9.17, 15) is 10.4 Å². The van der Waals surface area contributed by atoms with Gasteiger partial charge in [-0.15, -0.1) is 24.8 Å². The number of hydrogen-bond acceptors (Lipinski definition) is 4. The van der Waals surface area contributed by atoms with Gasteiger partial charge in [0.2, 0.25) is 0 Å². The van der Waals surface area contributed by atoms with E-state index in [1.807, 2.05) is 6.07 Å². The molecule has 0 bridgehead atoms. The molecule has 0 amide bonds. The van der Waals surface area contributed by atoms with E-state index < -0.39 is 0 Å². The van der Waals surface area contributed by atoms with E-state index in [4.69, 9.17) is 0 Å². The van der Waals surface area contributed by atoms with Gasteiger partial charge in [0.1, 0.15) is 5.75 Å². The third-order valence-electron chi connectivity index (χ3n) is 5.18. The molecule has 0 unspecified atom stereocenters. The largest absolute Gasteiger partial charge is 0.506 e. The van der Waals surface area contributed by atoms with Gasteiger partial charge in [-0.25, -0.2) is 0 Å². The van der Waals surface area contributed by atoms with Gasteiger partial charge in [0, 0.05) is 37.8 Å². The highest BCUT2D eigenvalue weighted by Gasteiger charge is 2.33. The van der Waals surface area contributed by atoms with Crippen LogP contribution in [0.2, 0.25) is 0 Å². The smallest absolute Gasteiger partial charge is 0.134 e. The van der Waals surface area contributed by atoms with Crippen LogP contribution in [0.5, 0.6) is 5.75 Å². The fraction of sp³-hybridized carbons (Fsp3) is 0.611. The molecule has 1 atom stereocenters. The van der Waals surface area contributed by atoms with Crippen LogP contribution < -0.4 is 5.32 Å². The standard InChI is InChI=1S/C18H24BrN3O.2ClH/c19-16-11-13(12-20)10-15(18(16)23)17(14-4-2-1-3-5-14)22-8-6-21-7-9-22;;/h10-11,14,17,21,23H,1-9H2;2*1H/t17-;;/m1../s1. The predicted octanol–water partition coefficient (Wildman–Crippen LogP) is 4.40. The second kappa shape index (κ2) is 10.6.